The van der Waals surface area contributed by atoms with Crippen LogP contribution in [0.5, 0.6) is 0 Å². The van der Waals surface area contributed by atoms with E-state index in [2.05, 4.69) is 10.6 Å². The van der Waals surface area contributed by atoms with Gasteiger partial charge in [0.15, 0.2) is 0 Å². The number of hydrogen-bond donors (Lipinski definition) is 2. The van der Waals surface area contributed by atoms with Crippen molar-refractivity contribution in [1.29, 1.82) is 0 Å². The van der Waals surface area contributed by atoms with E-state index in [4.69, 9.17) is 0 Å². The maximum atomic E-state index is 12.5. The average molecular weight is 416 g/mol. The first-order valence-corrected chi connectivity index (χ1v) is 11.1. The predicted molar refractivity (Wildman–Crippen MR) is 111 cm³/mol. The molecule has 1 heterocycles. The van der Waals surface area contributed by atoms with Gasteiger partial charge in [-0.05, 0) is 56.0 Å². The summed E-state index contributed by atoms with van der Waals surface area (Å²) in [7, 11) is -3.42. The molecule has 154 valence electrons. The number of nitrogens with one attached hydrogen (secondary N) is 2. The lowest BCUT2D eigenvalue weighted by Crippen LogP contribution is -2.36. The number of carbonyl (C=O) groups excluding carboxylic acids is 2. The highest BCUT2D eigenvalue weighted by Gasteiger charge is 2.26. The zero-order chi connectivity index (χ0) is 20.9. The molecule has 2 N–H and O–H groups in total. The van der Waals surface area contributed by atoms with Crippen molar-refractivity contribution in [2.24, 2.45) is 0 Å². The van der Waals surface area contributed by atoms with Gasteiger partial charge in [0, 0.05) is 25.3 Å². The van der Waals surface area contributed by atoms with Crippen LogP contribution in [0.15, 0.2) is 53.4 Å². The first kappa shape index (κ1) is 21.0. The van der Waals surface area contributed by atoms with E-state index in [9.17, 15) is 18.0 Å². The van der Waals surface area contributed by atoms with Crippen molar-refractivity contribution in [1.82, 2.24) is 9.62 Å². The van der Waals surface area contributed by atoms with Crippen molar-refractivity contribution in [2.75, 3.05) is 25.0 Å². The minimum Gasteiger partial charge on any atom is -0.347 e. The topological polar surface area (TPSA) is 95.6 Å². The zero-order valence-electron chi connectivity index (χ0n) is 16.3. The second kappa shape index (κ2) is 9.19. The summed E-state index contributed by atoms with van der Waals surface area (Å²) >= 11 is 0. The van der Waals surface area contributed by atoms with Gasteiger partial charge in [-0.3, -0.25) is 9.59 Å². The third kappa shape index (κ3) is 5.42. The molecule has 1 saturated heterocycles. The van der Waals surface area contributed by atoms with Gasteiger partial charge in [-0.15, -0.1) is 0 Å². The Hall–Kier alpha value is -2.71. The molecule has 0 aromatic heterocycles. The van der Waals surface area contributed by atoms with E-state index in [1.54, 1.807) is 36.4 Å². The molecular weight excluding hydrogens is 390 g/mol. The van der Waals surface area contributed by atoms with Gasteiger partial charge in [-0.1, -0.05) is 29.8 Å². The van der Waals surface area contributed by atoms with Gasteiger partial charge >= 0.3 is 11.8 Å². The van der Waals surface area contributed by atoms with E-state index < -0.39 is 21.8 Å². The van der Waals surface area contributed by atoms with Crippen LogP contribution in [0.3, 0.4) is 0 Å². The molecule has 0 aliphatic carbocycles. The molecule has 1 fully saturated rings. The fourth-order valence-corrected chi connectivity index (χ4v) is 4.65. The highest BCUT2D eigenvalue weighted by atomic mass is 32.2. The van der Waals surface area contributed by atoms with Crippen molar-refractivity contribution in [3.05, 3.63) is 59.7 Å². The van der Waals surface area contributed by atoms with Crippen LogP contribution in [0.2, 0.25) is 0 Å². The van der Waals surface area contributed by atoms with Gasteiger partial charge in [0.25, 0.3) is 0 Å². The molecule has 29 heavy (non-hydrogen) atoms. The zero-order valence-corrected chi connectivity index (χ0v) is 17.2. The lowest BCUT2D eigenvalue weighted by atomic mass is 10.1. The number of aryl methyl sites for hydroxylation is 1. The molecule has 3 rings (SSSR count). The first-order chi connectivity index (χ1) is 13.9. The monoisotopic (exact) mass is 415 g/mol. The number of hydrogen-bond acceptors (Lipinski definition) is 4. The number of sulfonamides is 1. The van der Waals surface area contributed by atoms with Gasteiger partial charge < -0.3 is 10.6 Å². The number of rotatable bonds is 6. The standard InChI is InChI=1S/C21H25N3O4S/c1-16-4-8-18(9-5-16)23-21(26)20(25)22-13-12-17-6-10-19(11-7-17)29(27,28)24-14-2-3-15-24/h4-11H,2-3,12-15H2,1H3,(H,22,25)(H,23,26). The normalized spacial score (nSPS) is 14.5. The molecule has 0 atom stereocenters. The van der Waals surface area contributed by atoms with Gasteiger partial charge in [-0.25, -0.2) is 8.42 Å². The van der Waals surface area contributed by atoms with Crippen LogP contribution in [0.1, 0.15) is 24.0 Å². The number of carbonyl (C=O) groups is 2. The number of amides is 2. The Morgan fingerprint density at radius 3 is 2.17 bits per heavy atom. The van der Waals surface area contributed by atoms with E-state index in [0.717, 1.165) is 24.0 Å². The Bertz CT molecular complexity index is 964. The fraction of sp³-hybridized carbons (Fsp3) is 0.333. The van der Waals surface area contributed by atoms with E-state index in [1.165, 1.54) is 4.31 Å². The van der Waals surface area contributed by atoms with Crippen LogP contribution in [0.25, 0.3) is 0 Å². The lowest BCUT2D eigenvalue weighted by Gasteiger charge is -2.15. The minimum atomic E-state index is -3.42. The van der Waals surface area contributed by atoms with Gasteiger partial charge in [-0.2, -0.15) is 4.31 Å². The summed E-state index contributed by atoms with van der Waals surface area (Å²) in [4.78, 5) is 24.1. The molecule has 0 bridgehead atoms. The van der Waals surface area contributed by atoms with E-state index in [1.807, 2.05) is 19.1 Å². The Kier molecular flexibility index (Phi) is 6.66. The van der Waals surface area contributed by atoms with Crippen LogP contribution in [0.4, 0.5) is 5.69 Å². The van der Waals surface area contributed by atoms with Crippen LogP contribution in [0, 0.1) is 6.92 Å². The molecule has 0 spiro atoms. The van der Waals surface area contributed by atoms with E-state index in [0.29, 0.717) is 25.2 Å². The van der Waals surface area contributed by atoms with Crippen molar-refractivity contribution < 1.29 is 18.0 Å². The van der Waals surface area contributed by atoms with Crippen molar-refractivity contribution in [3.63, 3.8) is 0 Å². The Morgan fingerprint density at radius 1 is 0.931 bits per heavy atom. The van der Waals surface area contributed by atoms with Crippen LogP contribution < -0.4 is 10.6 Å². The second-order valence-corrected chi connectivity index (χ2v) is 9.02. The van der Waals surface area contributed by atoms with Crippen molar-refractivity contribution in [3.8, 4) is 0 Å². The predicted octanol–water partition coefficient (Wildman–Crippen LogP) is 2.08. The minimum absolute atomic E-state index is 0.276. The highest BCUT2D eigenvalue weighted by molar-refractivity contribution is 7.89. The molecule has 8 heteroatoms. The smallest absolute Gasteiger partial charge is 0.313 e. The Balaban J connectivity index is 1.48. The first-order valence-electron chi connectivity index (χ1n) is 9.61. The van der Waals surface area contributed by atoms with Gasteiger partial charge in [0.1, 0.15) is 0 Å². The number of anilines is 1. The molecule has 1 aliphatic rings. The summed E-state index contributed by atoms with van der Waals surface area (Å²) in [5.74, 6) is -1.43. The SMILES string of the molecule is Cc1ccc(NC(=O)C(=O)NCCc2ccc(S(=O)(=O)N3CCCC3)cc2)cc1. The summed E-state index contributed by atoms with van der Waals surface area (Å²) < 4.78 is 26.5. The van der Waals surface area contributed by atoms with Crippen LogP contribution >= 0.6 is 0 Å². The largest absolute Gasteiger partial charge is 0.347 e. The maximum absolute atomic E-state index is 12.5. The lowest BCUT2D eigenvalue weighted by molar-refractivity contribution is -0.136. The molecule has 2 amide bonds. The summed E-state index contributed by atoms with van der Waals surface area (Å²) in [6, 6.07) is 13.8. The summed E-state index contributed by atoms with van der Waals surface area (Å²) in [5.41, 5.74) is 2.50. The van der Waals surface area contributed by atoms with Gasteiger partial charge in [0.2, 0.25) is 10.0 Å². The van der Waals surface area contributed by atoms with Crippen molar-refractivity contribution in [2.45, 2.75) is 31.1 Å². The maximum Gasteiger partial charge on any atom is 0.313 e. The third-order valence-corrected chi connectivity index (χ3v) is 6.75. The molecule has 0 saturated carbocycles. The Labute approximate surface area is 171 Å². The molecule has 7 nitrogen and oxygen atoms in total. The second-order valence-electron chi connectivity index (χ2n) is 7.08. The fourth-order valence-electron chi connectivity index (χ4n) is 3.13. The highest BCUT2D eigenvalue weighted by Crippen LogP contribution is 2.21. The third-order valence-electron chi connectivity index (χ3n) is 4.84. The van der Waals surface area contributed by atoms with Crippen LogP contribution in [-0.2, 0) is 26.0 Å². The van der Waals surface area contributed by atoms with E-state index >= 15 is 0 Å². The Morgan fingerprint density at radius 2 is 1.55 bits per heavy atom. The number of benzene rings is 2. The molecular formula is C21H25N3O4S. The number of nitrogens with zero attached hydrogens (tertiary/aromatic N) is 1. The molecule has 0 unspecified atom stereocenters. The molecule has 0 radical (unpaired) electrons. The summed E-state index contributed by atoms with van der Waals surface area (Å²) in [6.07, 6.45) is 2.29. The van der Waals surface area contributed by atoms with E-state index in [-0.39, 0.29) is 11.4 Å². The quantitative estimate of drug-likeness (QED) is 0.706. The molecule has 1 aliphatic heterocycles. The summed E-state index contributed by atoms with van der Waals surface area (Å²) in [6.45, 7) is 3.35. The summed E-state index contributed by atoms with van der Waals surface area (Å²) in [5, 5.41) is 5.12. The average Bonchev–Trinajstić information content (AvgIpc) is 3.26. The molecule has 2 aromatic carbocycles. The van der Waals surface area contributed by atoms with Crippen molar-refractivity contribution >= 4 is 27.5 Å². The van der Waals surface area contributed by atoms with Gasteiger partial charge in [0.05, 0.1) is 4.90 Å². The van der Waals surface area contributed by atoms with Crippen LogP contribution in [-0.4, -0.2) is 44.2 Å². The molecule has 2 aromatic rings.